The van der Waals surface area contributed by atoms with Crippen molar-refractivity contribution in [1.82, 2.24) is 20.2 Å². The normalized spacial score (nSPS) is 30.6. The van der Waals surface area contributed by atoms with Gasteiger partial charge in [-0.1, -0.05) is 13.8 Å². The van der Waals surface area contributed by atoms with Gasteiger partial charge < -0.3 is 4.90 Å². The number of piperidine rings is 1. The van der Waals surface area contributed by atoms with E-state index in [0.717, 1.165) is 29.3 Å². The third kappa shape index (κ3) is 1.19. The van der Waals surface area contributed by atoms with Gasteiger partial charge in [-0.25, -0.2) is 9.97 Å². The van der Waals surface area contributed by atoms with Crippen LogP contribution in [0, 0.1) is 5.92 Å². The summed E-state index contributed by atoms with van der Waals surface area (Å²) >= 11 is 0. The minimum Gasteiger partial charge on any atom is -0.352 e. The molecule has 1 fully saturated rings. The van der Waals surface area contributed by atoms with Crippen LogP contribution >= 0.6 is 0 Å². The van der Waals surface area contributed by atoms with Gasteiger partial charge in [0.25, 0.3) is 0 Å². The lowest BCUT2D eigenvalue weighted by molar-refractivity contribution is 0.340. The van der Waals surface area contributed by atoms with Gasteiger partial charge in [-0.3, -0.25) is 5.10 Å². The van der Waals surface area contributed by atoms with Gasteiger partial charge in [0, 0.05) is 18.5 Å². The first kappa shape index (κ1) is 10.3. The zero-order valence-electron chi connectivity index (χ0n) is 10.7. The van der Waals surface area contributed by atoms with Crippen molar-refractivity contribution in [2.75, 3.05) is 11.4 Å². The van der Waals surface area contributed by atoms with E-state index >= 15 is 0 Å². The summed E-state index contributed by atoms with van der Waals surface area (Å²) in [7, 11) is 0. The SMILES string of the molecule is CC1CCC2C(C)c3[nH]nc4ncnc(c34)N2C1. The summed E-state index contributed by atoms with van der Waals surface area (Å²) in [5, 5.41) is 8.62. The summed E-state index contributed by atoms with van der Waals surface area (Å²) in [6.07, 6.45) is 4.18. The molecule has 3 atom stereocenters. The molecule has 0 saturated carbocycles. The number of aromatic amines is 1. The quantitative estimate of drug-likeness (QED) is 0.769. The molecule has 3 unspecified atom stereocenters. The molecule has 18 heavy (non-hydrogen) atoms. The molecule has 4 rings (SSSR count). The van der Waals surface area contributed by atoms with Crippen molar-refractivity contribution >= 4 is 16.9 Å². The second kappa shape index (κ2) is 3.43. The fourth-order valence-corrected chi connectivity index (χ4v) is 3.54. The van der Waals surface area contributed by atoms with E-state index in [-0.39, 0.29) is 0 Å². The Morgan fingerprint density at radius 2 is 2.17 bits per heavy atom. The third-order valence-corrected chi connectivity index (χ3v) is 4.53. The first-order chi connectivity index (χ1) is 8.75. The topological polar surface area (TPSA) is 57.7 Å². The second-order valence-corrected chi connectivity index (χ2v) is 5.72. The number of nitrogens with zero attached hydrogens (tertiary/aromatic N) is 4. The molecule has 4 heterocycles. The summed E-state index contributed by atoms with van der Waals surface area (Å²) < 4.78 is 0. The molecule has 1 N–H and O–H groups in total. The van der Waals surface area contributed by atoms with Gasteiger partial charge >= 0.3 is 0 Å². The third-order valence-electron chi connectivity index (χ3n) is 4.53. The zero-order valence-corrected chi connectivity index (χ0v) is 10.7. The van der Waals surface area contributed by atoms with E-state index in [1.807, 2.05) is 0 Å². The lowest BCUT2D eigenvalue weighted by atomic mass is 9.82. The Hall–Kier alpha value is -1.65. The number of rotatable bonds is 0. The molecule has 1 saturated heterocycles. The van der Waals surface area contributed by atoms with Gasteiger partial charge in [0.05, 0.1) is 11.1 Å². The highest BCUT2D eigenvalue weighted by Crippen LogP contribution is 2.43. The molecule has 94 valence electrons. The molecule has 2 aromatic heterocycles. The van der Waals surface area contributed by atoms with Gasteiger partial charge in [0.1, 0.15) is 12.1 Å². The minimum absolute atomic E-state index is 0.487. The number of H-pyrrole nitrogens is 1. The van der Waals surface area contributed by atoms with Gasteiger partial charge in [0.15, 0.2) is 5.65 Å². The lowest BCUT2D eigenvalue weighted by Gasteiger charge is -2.44. The summed E-state index contributed by atoms with van der Waals surface area (Å²) in [4.78, 5) is 11.3. The fraction of sp³-hybridized carbons (Fsp3) is 0.615. The highest BCUT2D eigenvalue weighted by molar-refractivity contribution is 5.91. The number of fused-ring (bicyclic) bond motifs is 2. The van der Waals surface area contributed by atoms with Crippen LogP contribution in [0.5, 0.6) is 0 Å². The molecule has 2 aromatic rings. The van der Waals surface area contributed by atoms with Crippen LogP contribution in [0.15, 0.2) is 6.33 Å². The van der Waals surface area contributed by atoms with Crippen LogP contribution in [0.4, 0.5) is 5.82 Å². The molecule has 0 bridgehead atoms. The molecular formula is C13H17N5. The van der Waals surface area contributed by atoms with E-state index in [2.05, 4.69) is 38.9 Å². The van der Waals surface area contributed by atoms with Gasteiger partial charge in [-0.2, -0.15) is 5.10 Å². The van der Waals surface area contributed by atoms with E-state index in [1.165, 1.54) is 18.5 Å². The zero-order chi connectivity index (χ0) is 12.3. The monoisotopic (exact) mass is 243 g/mol. The van der Waals surface area contributed by atoms with Crippen molar-refractivity contribution in [2.45, 2.75) is 38.6 Å². The molecule has 2 aliphatic heterocycles. The van der Waals surface area contributed by atoms with Crippen molar-refractivity contribution in [3.8, 4) is 0 Å². The molecule has 0 radical (unpaired) electrons. The van der Waals surface area contributed by atoms with Crippen LogP contribution in [-0.2, 0) is 0 Å². The number of hydrogen-bond donors (Lipinski definition) is 1. The summed E-state index contributed by atoms with van der Waals surface area (Å²) in [5.74, 6) is 2.31. The smallest absolute Gasteiger partial charge is 0.186 e. The van der Waals surface area contributed by atoms with Crippen molar-refractivity contribution in [3.05, 3.63) is 12.0 Å². The van der Waals surface area contributed by atoms with Gasteiger partial charge in [-0.05, 0) is 18.8 Å². The van der Waals surface area contributed by atoms with E-state index in [0.29, 0.717) is 12.0 Å². The molecular weight excluding hydrogens is 226 g/mol. The summed E-state index contributed by atoms with van der Waals surface area (Å²) in [6.45, 7) is 5.71. The van der Waals surface area contributed by atoms with Gasteiger partial charge in [0.2, 0.25) is 0 Å². The van der Waals surface area contributed by atoms with Crippen LogP contribution in [0.25, 0.3) is 11.0 Å². The molecule has 5 nitrogen and oxygen atoms in total. The molecule has 5 heteroatoms. The Morgan fingerprint density at radius 1 is 1.28 bits per heavy atom. The lowest BCUT2D eigenvalue weighted by Crippen LogP contribution is -2.48. The molecule has 0 aliphatic carbocycles. The standard InChI is InChI=1S/C13H17N5/c1-7-3-4-9-8(2)11-10-12(17-16-11)14-6-15-13(10)18(9)5-7/h6-9H,3-5H2,1-2H3,(H,14,15,16,17). The first-order valence-electron chi connectivity index (χ1n) is 6.71. The van der Waals surface area contributed by atoms with Crippen LogP contribution < -0.4 is 4.90 Å². The van der Waals surface area contributed by atoms with Crippen LogP contribution in [0.2, 0.25) is 0 Å². The maximum Gasteiger partial charge on any atom is 0.186 e. The Labute approximate surface area is 106 Å². The molecule has 0 spiro atoms. The van der Waals surface area contributed by atoms with Crippen LogP contribution in [0.3, 0.4) is 0 Å². The van der Waals surface area contributed by atoms with Crippen molar-refractivity contribution < 1.29 is 0 Å². The van der Waals surface area contributed by atoms with Crippen molar-refractivity contribution in [1.29, 1.82) is 0 Å². The minimum atomic E-state index is 0.487. The van der Waals surface area contributed by atoms with Crippen molar-refractivity contribution in [2.24, 2.45) is 5.92 Å². The van der Waals surface area contributed by atoms with Gasteiger partial charge in [-0.15, -0.1) is 0 Å². The Bertz CT molecular complexity index is 604. The maximum atomic E-state index is 4.52. The predicted octanol–water partition coefficient (Wildman–Crippen LogP) is 2.07. The second-order valence-electron chi connectivity index (χ2n) is 5.72. The van der Waals surface area contributed by atoms with Crippen LogP contribution in [0.1, 0.15) is 38.3 Å². The largest absolute Gasteiger partial charge is 0.352 e. The number of hydrogen-bond acceptors (Lipinski definition) is 4. The summed E-state index contributed by atoms with van der Waals surface area (Å²) in [6, 6.07) is 0.562. The Balaban J connectivity index is 1.96. The number of aromatic nitrogens is 4. The highest BCUT2D eigenvalue weighted by Gasteiger charge is 2.38. The summed E-state index contributed by atoms with van der Waals surface area (Å²) in [5.41, 5.74) is 2.02. The highest BCUT2D eigenvalue weighted by atomic mass is 15.3. The average molecular weight is 243 g/mol. The van der Waals surface area contributed by atoms with E-state index in [9.17, 15) is 0 Å². The fourth-order valence-electron chi connectivity index (χ4n) is 3.54. The number of nitrogens with one attached hydrogen (secondary N) is 1. The molecule has 0 amide bonds. The van der Waals surface area contributed by atoms with E-state index in [1.54, 1.807) is 6.33 Å². The predicted molar refractivity (Wildman–Crippen MR) is 69.6 cm³/mol. The average Bonchev–Trinajstić information content (AvgIpc) is 2.81. The number of anilines is 1. The van der Waals surface area contributed by atoms with Crippen molar-refractivity contribution in [3.63, 3.8) is 0 Å². The van der Waals surface area contributed by atoms with Crippen LogP contribution in [-0.4, -0.2) is 32.8 Å². The van der Waals surface area contributed by atoms with E-state index < -0.39 is 0 Å². The first-order valence-corrected chi connectivity index (χ1v) is 6.71. The van der Waals surface area contributed by atoms with E-state index in [4.69, 9.17) is 0 Å². The maximum absolute atomic E-state index is 4.52. The Kier molecular flexibility index (Phi) is 1.96. The molecule has 2 aliphatic rings. The molecule has 0 aromatic carbocycles. The Morgan fingerprint density at radius 3 is 3.06 bits per heavy atom.